The molecule has 0 spiro atoms. The van der Waals surface area contributed by atoms with E-state index in [4.69, 9.17) is 4.74 Å². The predicted molar refractivity (Wildman–Crippen MR) is 91.6 cm³/mol. The first-order valence-electron chi connectivity index (χ1n) is 7.54. The molecule has 0 unspecified atom stereocenters. The fourth-order valence-electron chi connectivity index (χ4n) is 2.37. The Bertz CT molecular complexity index is 818. The minimum absolute atomic E-state index is 0.137. The Morgan fingerprint density at radius 3 is 2.50 bits per heavy atom. The molecule has 0 radical (unpaired) electrons. The van der Waals surface area contributed by atoms with E-state index in [0.29, 0.717) is 12.1 Å². The number of hydrogen-bond acceptors (Lipinski definition) is 4. The molecule has 2 heterocycles. The molecule has 1 N–H and O–H groups in total. The zero-order valence-electron chi connectivity index (χ0n) is 13.3. The lowest BCUT2D eigenvalue weighted by atomic mass is 10.1. The van der Waals surface area contributed by atoms with Gasteiger partial charge in [0.1, 0.15) is 5.75 Å². The zero-order valence-corrected chi connectivity index (χ0v) is 13.3. The molecular weight excluding hydrogens is 302 g/mol. The molecule has 0 fully saturated rings. The van der Waals surface area contributed by atoms with Crippen LogP contribution in [0.1, 0.15) is 15.9 Å². The van der Waals surface area contributed by atoms with Crippen LogP contribution in [0.25, 0.3) is 11.3 Å². The summed E-state index contributed by atoms with van der Waals surface area (Å²) in [6, 6.07) is 14.6. The highest BCUT2D eigenvalue weighted by atomic mass is 16.5. The topological polar surface area (TPSA) is 64.1 Å². The van der Waals surface area contributed by atoms with Gasteiger partial charge in [-0.15, -0.1) is 0 Å². The zero-order chi connectivity index (χ0) is 16.8. The van der Waals surface area contributed by atoms with Crippen molar-refractivity contribution in [1.82, 2.24) is 15.3 Å². The molecule has 0 bridgehead atoms. The van der Waals surface area contributed by atoms with Gasteiger partial charge in [-0.2, -0.15) is 0 Å². The smallest absolute Gasteiger partial charge is 0.251 e. The normalized spacial score (nSPS) is 10.2. The predicted octanol–water partition coefficient (Wildman–Crippen LogP) is 3.08. The van der Waals surface area contributed by atoms with Crippen LogP contribution in [0.15, 0.2) is 67.1 Å². The number of pyridine rings is 2. The van der Waals surface area contributed by atoms with Crippen molar-refractivity contribution >= 4 is 5.91 Å². The van der Waals surface area contributed by atoms with E-state index in [-0.39, 0.29) is 5.91 Å². The van der Waals surface area contributed by atoms with Gasteiger partial charge in [0.25, 0.3) is 5.91 Å². The number of methoxy groups -OCH3 is 1. The Labute approximate surface area is 140 Å². The van der Waals surface area contributed by atoms with E-state index in [9.17, 15) is 4.79 Å². The SMILES string of the molecule is COc1ccc(C(=O)NCc2cccnc2-c2ccncc2)cc1. The van der Waals surface area contributed by atoms with Crippen molar-refractivity contribution in [2.45, 2.75) is 6.54 Å². The third kappa shape index (κ3) is 3.57. The number of carbonyl (C=O) groups is 1. The Hall–Kier alpha value is -3.21. The van der Waals surface area contributed by atoms with Gasteiger partial charge in [0.05, 0.1) is 12.8 Å². The molecule has 5 heteroatoms. The van der Waals surface area contributed by atoms with Crippen LogP contribution in [0.3, 0.4) is 0 Å². The first-order valence-corrected chi connectivity index (χ1v) is 7.54. The molecule has 5 nitrogen and oxygen atoms in total. The second-order valence-electron chi connectivity index (χ2n) is 5.16. The number of nitrogens with one attached hydrogen (secondary N) is 1. The van der Waals surface area contributed by atoms with E-state index in [0.717, 1.165) is 22.6 Å². The second-order valence-corrected chi connectivity index (χ2v) is 5.16. The minimum atomic E-state index is -0.137. The monoisotopic (exact) mass is 319 g/mol. The lowest BCUT2D eigenvalue weighted by Gasteiger charge is -2.10. The van der Waals surface area contributed by atoms with Crippen molar-refractivity contribution in [2.24, 2.45) is 0 Å². The van der Waals surface area contributed by atoms with E-state index < -0.39 is 0 Å². The number of aromatic nitrogens is 2. The largest absolute Gasteiger partial charge is 0.497 e. The van der Waals surface area contributed by atoms with Crippen molar-refractivity contribution in [3.8, 4) is 17.0 Å². The van der Waals surface area contributed by atoms with Crippen LogP contribution in [-0.4, -0.2) is 23.0 Å². The van der Waals surface area contributed by atoms with Crippen LogP contribution in [-0.2, 0) is 6.54 Å². The van der Waals surface area contributed by atoms with Gasteiger partial charge in [0, 0.05) is 36.3 Å². The van der Waals surface area contributed by atoms with Crippen LogP contribution < -0.4 is 10.1 Å². The fraction of sp³-hybridized carbons (Fsp3) is 0.105. The summed E-state index contributed by atoms with van der Waals surface area (Å²) in [5.41, 5.74) is 3.35. The molecular formula is C19H17N3O2. The van der Waals surface area contributed by atoms with Crippen LogP contribution in [0.2, 0.25) is 0 Å². The fourth-order valence-corrected chi connectivity index (χ4v) is 2.37. The quantitative estimate of drug-likeness (QED) is 0.785. The highest BCUT2D eigenvalue weighted by Crippen LogP contribution is 2.20. The van der Waals surface area contributed by atoms with Crippen molar-refractivity contribution in [2.75, 3.05) is 7.11 Å². The Morgan fingerprint density at radius 2 is 1.79 bits per heavy atom. The molecule has 1 amide bonds. The molecule has 1 aromatic carbocycles. The number of benzene rings is 1. The van der Waals surface area contributed by atoms with Gasteiger partial charge < -0.3 is 10.1 Å². The van der Waals surface area contributed by atoms with Crippen molar-refractivity contribution < 1.29 is 9.53 Å². The van der Waals surface area contributed by atoms with Gasteiger partial charge in [-0.25, -0.2) is 0 Å². The first kappa shape index (κ1) is 15.7. The lowest BCUT2D eigenvalue weighted by molar-refractivity contribution is 0.0951. The van der Waals surface area contributed by atoms with Gasteiger partial charge in [0.15, 0.2) is 0 Å². The molecule has 3 aromatic rings. The highest BCUT2D eigenvalue weighted by molar-refractivity contribution is 5.94. The molecule has 0 atom stereocenters. The average Bonchev–Trinajstić information content (AvgIpc) is 2.67. The standard InChI is InChI=1S/C19H17N3O2/c1-24-17-6-4-15(5-7-17)19(23)22-13-16-3-2-10-21-18(16)14-8-11-20-12-9-14/h2-12H,13H2,1H3,(H,22,23). The van der Waals surface area contributed by atoms with E-state index in [2.05, 4.69) is 15.3 Å². The molecule has 120 valence electrons. The van der Waals surface area contributed by atoms with E-state index in [1.54, 1.807) is 50.0 Å². The Morgan fingerprint density at radius 1 is 1.04 bits per heavy atom. The Balaban J connectivity index is 1.74. The summed E-state index contributed by atoms with van der Waals surface area (Å²) in [5.74, 6) is 0.584. The summed E-state index contributed by atoms with van der Waals surface area (Å²) in [6.07, 6.45) is 5.19. The van der Waals surface area contributed by atoms with Crippen molar-refractivity contribution in [3.05, 3.63) is 78.2 Å². The summed E-state index contributed by atoms with van der Waals surface area (Å²) in [7, 11) is 1.60. The molecule has 0 saturated carbocycles. The highest BCUT2D eigenvalue weighted by Gasteiger charge is 2.09. The maximum Gasteiger partial charge on any atom is 0.251 e. The average molecular weight is 319 g/mol. The van der Waals surface area contributed by atoms with Crippen LogP contribution in [0.5, 0.6) is 5.75 Å². The van der Waals surface area contributed by atoms with Gasteiger partial charge >= 0.3 is 0 Å². The molecule has 0 aliphatic heterocycles. The van der Waals surface area contributed by atoms with Crippen molar-refractivity contribution in [3.63, 3.8) is 0 Å². The molecule has 24 heavy (non-hydrogen) atoms. The van der Waals surface area contributed by atoms with Gasteiger partial charge in [-0.3, -0.25) is 14.8 Å². The number of rotatable bonds is 5. The number of nitrogens with zero attached hydrogens (tertiary/aromatic N) is 2. The summed E-state index contributed by atoms with van der Waals surface area (Å²) in [4.78, 5) is 20.7. The van der Waals surface area contributed by atoms with Crippen LogP contribution in [0, 0.1) is 0 Å². The van der Waals surface area contributed by atoms with Gasteiger partial charge in [-0.05, 0) is 48.0 Å². The summed E-state index contributed by atoms with van der Waals surface area (Å²) in [6.45, 7) is 0.399. The van der Waals surface area contributed by atoms with E-state index in [1.165, 1.54) is 0 Å². The minimum Gasteiger partial charge on any atom is -0.497 e. The number of amides is 1. The van der Waals surface area contributed by atoms with E-state index >= 15 is 0 Å². The van der Waals surface area contributed by atoms with Gasteiger partial charge in [-0.1, -0.05) is 6.07 Å². The maximum atomic E-state index is 12.3. The molecule has 3 rings (SSSR count). The number of carbonyl (C=O) groups excluding carboxylic acids is 1. The summed E-state index contributed by atoms with van der Waals surface area (Å²) in [5, 5.41) is 2.93. The summed E-state index contributed by atoms with van der Waals surface area (Å²) < 4.78 is 5.10. The summed E-state index contributed by atoms with van der Waals surface area (Å²) >= 11 is 0. The second kappa shape index (κ2) is 7.37. The first-order chi connectivity index (χ1) is 11.8. The molecule has 0 aliphatic carbocycles. The lowest BCUT2D eigenvalue weighted by Crippen LogP contribution is -2.23. The van der Waals surface area contributed by atoms with Gasteiger partial charge in [0.2, 0.25) is 0 Å². The number of ether oxygens (including phenoxy) is 1. The third-order valence-corrected chi connectivity index (χ3v) is 3.64. The van der Waals surface area contributed by atoms with Crippen molar-refractivity contribution in [1.29, 1.82) is 0 Å². The van der Waals surface area contributed by atoms with Crippen LogP contribution >= 0.6 is 0 Å². The molecule has 0 aliphatic rings. The molecule has 0 saturated heterocycles. The van der Waals surface area contributed by atoms with E-state index in [1.807, 2.05) is 24.3 Å². The van der Waals surface area contributed by atoms with Crippen LogP contribution in [0.4, 0.5) is 0 Å². The Kier molecular flexibility index (Phi) is 4.81. The maximum absolute atomic E-state index is 12.3. The third-order valence-electron chi connectivity index (χ3n) is 3.64. The number of hydrogen-bond donors (Lipinski definition) is 1. The molecule has 2 aromatic heterocycles.